The fourth-order valence-electron chi connectivity index (χ4n) is 2.58. The molecule has 0 fully saturated rings. The maximum atomic E-state index is 11.8. The minimum Gasteiger partial charge on any atom is -0.357 e. The van der Waals surface area contributed by atoms with Crippen LogP contribution in [0.4, 0.5) is 5.82 Å². The average Bonchev–Trinajstić information content (AvgIpc) is 2.67. The first kappa shape index (κ1) is 20.2. The minimum atomic E-state index is -0.0328. The first-order chi connectivity index (χ1) is 12.6. The lowest BCUT2D eigenvalue weighted by Crippen LogP contribution is -2.23. The Hall–Kier alpha value is -2.08. The lowest BCUT2D eigenvalue weighted by molar-refractivity contribution is 0.0956. The number of aromatic nitrogens is 2. The van der Waals surface area contributed by atoms with Crippen molar-refractivity contribution in [1.82, 2.24) is 15.3 Å². The van der Waals surface area contributed by atoms with Gasteiger partial charge in [-0.25, -0.2) is 9.97 Å². The van der Waals surface area contributed by atoms with Crippen LogP contribution in [0, 0.1) is 0 Å². The first-order valence-electron chi connectivity index (χ1n) is 9.24. The molecule has 0 radical (unpaired) electrons. The number of nitrogens with one attached hydrogen (secondary N) is 1. The summed E-state index contributed by atoms with van der Waals surface area (Å²) in [5.41, 5.74) is 2.91. The van der Waals surface area contributed by atoms with E-state index in [1.165, 1.54) is 0 Å². The lowest BCUT2D eigenvalue weighted by atomic mass is 10.1. The topological polar surface area (TPSA) is 58.1 Å². The maximum absolute atomic E-state index is 11.8. The van der Waals surface area contributed by atoms with Gasteiger partial charge in [0.2, 0.25) is 0 Å². The predicted molar refractivity (Wildman–Crippen MR) is 109 cm³/mol. The molecule has 0 bridgehead atoms. The Morgan fingerprint density at radius 1 is 1.08 bits per heavy atom. The Morgan fingerprint density at radius 2 is 1.77 bits per heavy atom. The van der Waals surface area contributed by atoms with Crippen LogP contribution < -0.4 is 10.2 Å². The molecule has 1 amide bonds. The second-order valence-electron chi connectivity index (χ2n) is 5.87. The highest BCUT2D eigenvalue weighted by Crippen LogP contribution is 2.23. The van der Waals surface area contributed by atoms with Crippen LogP contribution in [0.1, 0.15) is 49.3 Å². The molecular formula is C20H28N4OS. The summed E-state index contributed by atoms with van der Waals surface area (Å²) in [5.74, 6) is 1.74. The van der Waals surface area contributed by atoms with E-state index in [0.29, 0.717) is 12.1 Å². The zero-order chi connectivity index (χ0) is 18.9. The Bertz CT molecular complexity index is 714. The molecule has 2 aromatic rings. The van der Waals surface area contributed by atoms with Gasteiger partial charge >= 0.3 is 0 Å². The maximum Gasteiger partial charge on any atom is 0.251 e. The van der Waals surface area contributed by atoms with Gasteiger partial charge in [-0.1, -0.05) is 30.8 Å². The molecule has 1 aromatic heterocycles. The molecule has 0 atom stereocenters. The number of hydrogen-bond acceptors (Lipinski definition) is 5. The second-order valence-corrected chi connectivity index (χ2v) is 6.81. The number of thioether (sulfide) groups is 1. The Kier molecular flexibility index (Phi) is 7.91. The smallest absolute Gasteiger partial charge is 0.251 e. The van der Waals surface area contributed by atoms with Crippen LogP contribution in [-0.4, -0.2) is 35.5 Å². The third-order valence-corrected chi connectivity index (χ3v) is 5.03. The molecule has 0 unspecified atom stereocenters. The number of benzene rings is 1. The summed E-state index contributed by atoms with van der Waals surface area (Å²) in [7, 11) is 0. The van der Waals surface area contributed by atoms with Crippen LogP contribution in [0.2, 0.25) is 0 Å². The normalized spacial score (nSPS) is 10.6. The summed E-state index contributed by atoms with van der Waals surface area (Å²) >= 11 is 1.63. The van der Waals surface area contributed by atoms with Crippen molar-refractivity contribution in [2.45, 2.75) is 45.0 Å². The van der Waals surface area contributed by atoms with Crippen LogP contribution in [0.15, 0.2) is 35.5 Å². The van der Waals surface area contributed by atoms with Gasteiger partial charge in [0.15, 0.2) is 5.16 Å². The number of nitrogens with zero attached hydrogens (tertiary/aromatic N) is 3. The van der Waals surface area contributed by atoms with Gasteiger partial charge in [-0.15, -0.1) is 0 Å². The van der Waals surface area contributed by atoms with Gasteiger partial charge in [0.1, 0.15) is 5.82 Å². The molecule has 0 saturated heterocycles. The number of carbonyl (C=O) groups excluding carboxylic acids is 1. The first-order valence-corrected chi connectivity index (χ1v) is 10.2. The van der Waals surface area contributed by atoms with Crippen molar-refractivity contribution in [3.8, 4) is 0 Å². The van der Waals surface area contributed by atoms with Gasteiger partial charge < -0.3 is 10.2 Å². The van der Waals surface area contributed by atoms with Crippen molar-refractivity contribution >= 4 is 23.5 Å². The third-order valence-electron chi connectivity index (χ3n) is 4.12. The van der Waals surface area contributed by atoms with Crippen LogP contribution >= 0.6 is 11.8 Å². The largest absolute Gasteiger partial charge is 0.357 e. The quantitative estimate of drug-likeness (QED) is 0.534. The molecule has 6 heteroatoms. The molecule has 1 heterocycles. The number of carbonyl (C=O) groups is 1. The van der Waals surface area contributed by atoms with E-state index in [1.54, 1.807) is 11.8 Å². The fourth-order valence-corrected chi connectivity index (χ4v) is 3.41. The minimum absolute atomic E-state index is 0.0328. The highest BCUT2D eigenvalue weighted by molar-refractivity contribution is 7.98. The molecule has 0 aliphatic rings. The summed E-state index contributed by atoms with van der Waals surface area (Å²) in [6, 6.07) is 9.80. The van der Waals surface area contributed by atoms with Crippen LogP contribution in [0.3, 0.4) is 0 Å². The summed E-state index contributed by atoms with van der Waals surface area (Å²) in [6.07, 6.45) is 0.894. The Morgan fingerprint density at radius 3 is 2.35 bits per heavy atom. The molecular weight excluding hydrogens is 344 g/mol. The monoisotopic (exact) mass is 372 g/mol. The van der Waals surface area contributed by atoms with E-state index in [9.17, 15) is 4.79 Å². The highest BCUT2D eigenvalue weighted by atomic mass is 32.2. The van der Waals surface area contributed by atoms with Gasteiger partial charge in [-0.3, -0.25) is 4.79 Å². The summed E-state index contributed by atoms with van der Waals surface area (Å²) in [5, 5.41) is 3.62. The van der Waals surface area contributed by atoms with Crippen molar-refractivity contribution < 1.29 is 4.79 Å². The number of hydrogen-bond donors (Lipinski definition) is 1. The SMILES string of the molecule is CCNC(=O)c1ccc(CSc2nc(CC)cc(N(CC)CC)n2)cc1. The van der Waals surface area contributed by atoms with E-state index in [0.717, 1.165) is 47.5 Å². The summed E-state index contributed by atoms with van der Waals surface area (Å²) < 4.78 is 0. The molecule has 0 aliphatic heterocycles. The van der Waals surface area contributed by atoms with E-state index in [-0.39, 0.29) is 5.91 Å². The van der Waals surface area contributed by atoms with Gasteiger partial charge in [-0.2, -0.15) is 0 Å². The molecule has 0 spiro atoms. The molecule has 1 N–H and O–H groups in total. The standard InChI is InChI=1S/C20H28N4OS/c1-5-17-13-18(24(7-3)8-4)23-20(22-17)26-14-15-9-11-16(12-10-15)19(25)21-6-2/h9-13H,5-8,14H2,1-4H3,(H,21,25). The van der Waals surface area contributed by atoms with Crippen LogP contribution in [0.25, 0.3) is 0 Å². The van der Waals surface area contributed by atoms with Crippen molar-refractivity contribution in [1.29, 1.82) is 0 Å². The Balaban J connectivity index is 2.08. The predicted octanol–water partition coefficient (Wildman–Crippen LogP) is 3.93. The van der Waals surface area contributed by atoms with Crippen molar-refractivity contribution in [3.05, 3.63) is 47.2 Å². The lowest BCUT2D eigenvalue weighted by Gasteiger charge is -2.20. The fraction of sp³-hybridized carbons (Fsp3) is 0.450. The number of amides is 1. The van der Waals surface area contributed by atoms with Gasteiger partial charge in [-0.05, 0) is 44.9 Å². The molecule has 1 aromatic carbocycles. The van der Waals surface area contributed by atoms with E-state index in [1.807, 2.05) is 31.2 Å². The third kappa shape index (κ3) is 5.46. The highest BCUT2D eigenvalue weighted by Gasteiger charge is 2.10. The number of aryl methyl sites for hydroxylation is 1. The summed E-state index contributed by atoms with van der Waals surface area (Å²) in [4.78, 5) is 23.4. The molecule has 26 heavy (non-hydrogen) atoms. The van der Waals surface area contributed by atoms with E-state index in [4.69, 9.17) is 4.98 Å². The van der Waals surface area contributed by atoms with Crippen molar-refractivity contribution in [2.24, 2.45) is 0 Å². The number of anilines is 1. The zero-order valence-corrected chi connectivity index (χ0v) is 16.9. The van der Waals surface area contributed by atoms with Crippen LogP contribution in [0.5, 0.6) is 0 Å². The average molecular weight is 373 g/mol. The molecule has 2 rings (SSSR count). The molecule has 0 aliphatic carbocycles. The van der Waals surface area contributed by atoms with E-state index in [2.05, 4.69) is 42.0 Å². The Labute approximate surface area is 160 Å². The van der Waals surface area contributed by atoms with Crippen LogP contribution in [-0.2, 0) is 12.2 Å². The van der Waals surface area contributed by atoms with Gasteiger partial charge in [0.25, 0.3) is 5.91 Å². The van der Waals surface area contributed by atoms with E-state index >= 15 is 0 Å². The van der Waals surface area contributed by atoms with Crippen molar-refractivity contribution in [3.63, 3.8) is 0 Å². The zero-order valence-electron chi connectivity index (χ0n) is 16.1. The molecule has 140 valence electrons. The van der Waals surface area contributed by atoms with Gasteiger partial charge in [0.05, 0.1) is 0 Å². The molecule has 5 nitrogen and oxygen atoms in total. The molecule has 0 saturated carbocycles. The summed E-state index contributed by atoms with van der Waals surface area (Å²) in [6.45, 7) is 10.8. The van der Waals surface area contributed by atoms with Crippen molar-refractivity contribution in [2.75, 3.05) is 24.5 Å². The number of rotatable bonds is 9. The van der Waals surface area contributed by atoms with Gasteiger partial charge in [0, 0.05) is 42.7 Å². The second kappa shape index (κ2) is 10.2. The van der Waals surface area contributed by atoms with E-state index < -0.39 is 0 Å².